The molecular formula is C16H31N3O3. The van der Waals surface area contributed by atoms with E-state index >= 15 is 0 Å². The minimum absolute atomic E-state index is 0.0222. The Morgan fingerprint density at radius 2 is 2.00 bits per heavy atom. The number of urea groups is 1. The molecule has 0 aromatic rings. The molecule has 1 aliphatic carbocycles. The number of hydrogen-bond acceptors (Lipinski definition) is 4. The van der Waals surface area contributed by atoms with Crippen LogP contribution in [0.1, 0.15) is 52.9 Å². The average Bonchev–Trinajstić information content (AvgIpc) is 2.42. The predicted octanol–water partition coefficient (Wildman–Crippen LogP) is 1.77. The monoisotopic (exact) mass is 313 g/mol. The van der Waals surface area contributed by atoms with Crippen molar-refractivity contribution < 1.29 is 14.3 Å². The van der Waals surface area contributed by atoms with Gasteiger partial charge in [0.1, 0.15) is 12.1 Å². The van der Waals surface area contributed by atoms with E-state index in [1.54, 1.807) is 0 Å². The third kappa shape index (κ3) is 6.22. The molecule has 0 aromatic heterocycles. The van der Waals surface area contributed by atoms with Crippen LogP contribution in [0.5, 0.6) is 0 Å². The largest absolute Gasteiger partial charge is 0.461 e. The molecule has 0 aromatic carbocycles. The van der Waals surface area contributed by atoms with Crippen LogP contribution in [0, 0.1) is 17.8 Å². The maximum Gasteiger partial charge on any atom is 0.323 e. The highest BCUT2D eigenvalue weighted by molar-refractivity contribution is 5.75. The lowest BCUT2D eigenvalue weighted by atomic mass is 9.75. The van der Waals surface area contributed by atoms with E-state index in [-0.39, 0.29) is 12.1 Å². The molecule has 1 saturated carbocycles. The minimum atomic E-state index is -0.639. The van der Waals surface area contributed by atoms with Gasteiger partial charge >= 0.3 is 12.0 Å². The Balaban J connectivity index is 2.41. The predicted molar refractivity (Wildman–Crippen MR) is 86.0 cm³/mol. The van der Waals surface area contributed by atoms with Gasteiger partial charge in [0.2, 0.25) is 0 Å². The number of nitrogens with one attached hydrogen (secondary N) is 1. The third-order valence-electron chi connectivity index (χ3n) is 4.52. The summed E-state index contributed by atoms with van der Waals surface area (Å²) in [5, 5.41) is 2.48. The number of rotatable bonds is 7. The van der Waals surface area contributed by atoms with Gasteiger partial charge in [0.25, 0.3) is 0 Å². The molecule has 3 unspecified atom stereocenters. The van der Waals surface area contributed by atoms with Crippen LogP contribution in [-0.2, 0) is 9.53 Å². The highest BCUT2D eigenvalue weighted by Gasteiger charge is 2.34. The maximum atomic E-state index is 12.2. The van der Waals surface area contributed by atoms with Gasteiger partial charge in [-0.2, -0.15) is 0 Å². The first kappa shape index (κ1) is 18.7. The van der Waals surface area contributed by atoms with E-state index in [9.17, 15) is 9.59 Å². The van der Waals surface area contributed by atoms with Gasteiger partial charge in [-0.05, 0) is 43.4 Å². The Morgan fingerprint density at radius 1 is 1.32 bits per heavy atom. The number of primary amides is 1. The maximum absolute atomic E-state index is 12.2. The first-order chi connectivity index (χ1) is 10.3. The standard InChI is InChI=1S/C16H31N3O3/c1-10(2)12-7-6-11(3)9-14(12)22-15(20)13(17)5-4-8-19-16(18)21/h10-14H,4-9,17H2,1-3H3,(H3,18,19,21)/t11?,12?,13-,14?/m0/s1. The van der Waals surface area contributed by atoms with Gasteiger partial charge in [-0.15, -0.1) is 0 Å². The minimum Gasteiger partial charge on any atom is -0.461 e. The lowest BCUT2D eigenvalue weighted by Gasteiger charge is -2.37. The summed E-state index contributed by atoms with van der Waals surface area (Å²) in [4.78, 5) is 22.7. The highest BCUT2D eigenvalue weighted by Crippen LogP contribution is 2.35. The van der Waals surface area contributed by atoms with Crippen LogP contribution in [0.15, 0.2) is 0 Å². The Morgan fingerprint density at radius 3 is 2.59 bits per heavy atom. The molecule has 6 nitrogen and oxygen atoms in total. The Labute approximate surface area is 133 Å². The van der Waals surface area contributed by atoms with Crippen molar-refractivity contribution >= 4 is 12.0 Å². The number of carbonyl (C=O) groups is 2. The molecule has 22 heavy (non-hydrogen) atoms. The van der Waals surface area contributed by atoms with Gasteiger partial charge < -0.3 is 21.5 Å². The Hall–Kier alpha value is -1.30. The zero-order valence-corrected chi connectivity index (χ0v) is 14.0. The van der Waals surface area contributed by atoms with Gasteiger partial charge in [0, 0.05) is 6.54 Å². The van der Waals surface area contributed by atoms with Gasteiger partial charge in [-0.25, -0.2) is 4.79 Å². The molecule has 2 amide bonds. The van der Waals surface area contributed by atoms with Crippen LogP contribution in [0.2, 0.25) is 0 Å². The topological polar surface area (TPSA) is 107 Å². The summed E-state index contributed by atoms with van der Waals surface area (Å²) in [5.41, 5.74) is 10.9. The summed E-state index contributed by atoms with van der Waals surface area (Å²) in [7, 11) is 0. The van der Waals surface area contributed by atoms with E-state index in [1.807, 2.05) is 0 Å². The van der Waals surface area contributed by atoms with Gasteiger partial charge in [0.15, 0.2) is 0 Å². The Kier molecular flexibility index (Phi) is 7.65. The zero-order chi connectivity index (χ0) is 16.7. The number of carbonyl (C=O) groups excluding carboxylic acids is 2. The summed E-state index contributed by atoms with van der Waals surface area (Å²) in [6.45, 7) is 6.98. The second-order valence-corrected chi connectivity index (χ2v) is 6.84. The van der Waals surface area contributed by atoms with Gasteiger partial charge in [0.05, 0.1) is 0 Å². The van der Waals surface area contributed by atoms with E-state index in [1.165, 1.54) is 6.42 Å². The number of hydrogen-bond donors (Lipinski definition) is 3. The van der Waals surface area contributed by atoms with Crippen LogP contribution in [-0.4, -0.2) is 30.7 Å². The lowest BCUT2D eigenvalue weighted by Crippen LogP contribution is -2.41. The second-order valence-electron chi connectivity index (χ2n) is 6.84. The number of nitrogens with two attached hydrogens (primary N) is 2. The fourth-order valence-electron chi connectivity index (χ4n) is 3.14. The molecular weight excluding hydrogens is 282 g/mol. The lowest BCUT2D eigenvalue weighted by molar-refractivity contribution is -0.157. The van der Waals surface area contributed by atoms with Crippen molar-refractivity contribution in [2.24, 2.45) is 29.2 Å². The summed E-state index contributed by atoms with van der Waals surface area (Å²) in [5.74, 6) is 1.18. The molecule has 0 saturated heterocycles. The van der Waals surface area contributed by atoms with Crippen LogP contribution in [0.4, 0.5) is 4.79 Å². The first-order valence-corrected chi connectivity index (χ1v) is 8.30. The van der Waals surface area contributed by atoms with Crippen LogP contribution >= 0.6 is 0 Å². The fraction of sp³-hybridized carbons (Fsp3) is 0.875. The van der Waals surface area contributed by atoms with Crippen LogP contribution in [0.25, 0.3) is 0 Å². The molecule has 0 heterocycles. The van der Waals surface area contributed by atoms with Crippen molar-refractivity contribution in [2.45, 2.75) is 65.0 Å². The van der Waals surface area contributed by atoms with Crippen LogP contribution in [0.3, 0.4) is 0 Å². The molecule has 4 atom stereocenters. The van der Waals surface area contributed by atoms with Gasteiger partial charge in [-0.1, -0.05) is 27.2 Å². The van der Waals surface area contributed by atoms with Crippen molar-refractivity contribution in [3.63, 3.8) is 0 Å². The van der Waals surface area contributed by atoms with Crippen molar-refractivity contribution in [1.82, 2.24) is 5.32 Å². The summed E-state index contributed by atoms with van der Waals surface area (Å²) in [6.07, 6.45) is 4.29. The van der Waals surface area contributed by atoms with E-state index < -0.39 is 12.1 Å². The summed E-state index contributed by atoms with van der Waals surface area (Å²) >= 11 is 0. The first-order valence-electron chi connectivity index (χ1n) is 8.30. The molecule has 5 N–H and O–H groups in total. The molecule has 0 spiro atoms. The van der Waals surface area contributed by atoms with E-state index in [0.717, 1.165) is 12.8 Å². The van der Waals surface area contributed by atoms with E-state index in [2.05, 4.69) is 26.1 Å². The zero-order valence-electron chi connectivity index (χ0n) is 14.0. The number of amides is 2. The molecule has 1 aliphatic rings. The summed E-state index contributed by atoms with van der Waals surface area (Å²) in [6, 6.07) is -1.20. The average molecular weight is 313 g/mol. The molecule has 128 valence electrons. The van der Waals surface area contributed by atoms with Crippen molar-refractivity contribution in [3.8, 4) is 0 Å². The molecule has 0 bridgehead atoms. The quantitative estimate of drug-likeness (QED) is 0.491. The molecule has 6 heteroatoms. The van der Waals surface area contributed by atoms with Crippen molar-refractivity contribution in [3.05, 3.63) is 0 Å². The molecule has 0 radical (unpaired) electrons. The summed E-state index contributed by atoms with van der Waals surface area (Å²) < 4.78 is 5.70. The SMILES string of the molecule is CC1CCC(C(C)C)C(OC(=O)[C@@H](N)CCCNC(N)=O)C1. The second kappa shape index (κ2) is 8.98. The van der Waals surface area contributed by atoms with Crippen molar-refractivity contribution in [2.75, 3.05) is 6.54 Å². The smallest absolute Gasteiger partial charge is 0.323 e. The third-order valence-corrected chi connectivity index (χ3v) is 4.52. The fourth-order valence-corrected chi connectivity index (χ4v) is 3.14. The van der Waals surface area contributed by atoms with E-state index in [0.29, 0.717) is 37.1 Å². The van der Waals surface area contributed by atoms with Crippen molar-refractivity contribution in [1.29, 1.82) is 0 Å². The number of ether oxygens (including phenoxy) is 1. The number of esters is 1. The van der Waals surface area contributed by atoms with Gasteiger partial charge in [-0.3, -0.25) is 4.79 Å². The molecule has 1 fully saturated rings. The van der Waals surface area contributed by atoms with E-state index in [4.69, 9.17) is 16.2 Å². The highest BCUT2D eigenvalue weighted by atomic mass is 16.5. The molecule has 1 rings (SSSR count). The Bertz CT molecular complexity index is 374. The molecule has 0 aliphatic heterocycles. The normalized spacial score (nSPS) is 26.5. The van der Waals surface area contributed by atoms with Crippen LogP contribution < -0.4 is 16.8 Å².